The molecule has 0 fully saturated rings. The van der Waals surface area contributed by atoms with Crippen LogP contribution in [0.25, 0.3) is 0 Å². The molecule has 0 aliphatic carbocycles. The Morgan fingerprint density at radius 2 is 1.59 bits per heavy atom. The molecule has 0 aromatic heterocycles. The number of rotatable bonds is 3. The first-order valence-electron chi connectivity index (χ1n) is 6.64. The molecule has 0 N–H and O–H groups in total. The van der Waals surface area contributed by atoms with Gasteiger partial charge in [0.05, 0.1) is 17.7 Å². The van der Waals surface area contributed by atoms with E-state index in [1.807, 2.05) is 0 Å². The number of fused-ring (bicyclic) bond motifs is 1. The third-order valence-electron chi connectivity index (χ3n) is 3.35. The van der Waals surface area contributed by atoms with Crippen molar-refractivity contribution < 1.29 is 23.1 Å². The summed E-state index contributed by atoms with van der Waals surface area (Å²) in [4.78, 5) is 25.1. The van der Waals surface area contributed by atoms with Gasteiger partial charge in [-0.3, -0.25) is 9.59 Å². The van der Waals surface area contributed by atoms with E-state index in [0.717, 1.165) is 12.1 Å². The fourth-order valence-electron chi connectivity index (χ4n) is 2.39. The van der Waals surface area contributed by atoms with Gasteiger partial charge in [0.1, 0.15) is 5.69 Å². The van der Waals surface area contributed by atoms with E-state index in [1.54, 1.807) is 19.1 Å². The lowest BCUT2D eigenvalue weighted by Gasteiger charge is -2.17. The fourth-order valence-corrected chi connectivity index (χ4v) is 2.39. The molecule has 22 heavy (non-hydrogen) atoms. The van der Waals surface area contributed by atoms with Gasteiger partial charge in [-0.25, -0.2) is 13.7 Å². The second kappa shape index (κ2) is 5.22. The lowest BCUT2D eigenvalue weighted by atomic mass is 10.1. The quantitative estimate of drug-likeness (QED) is 0.818. The molecule has 4 nitrogen and oxygen atoms in total. The first-order valence-corrected chi connectivity index (χ1v) is 6.64. The highest BCUT2D eigenvalue weighted by molar-refractivity contribution is 6.34. The number of amides is 2. The molecule has 0 radical (unpaired) electrons. The van der Waals surface area contributed by atoms with Crippen molar-refractivity contribution in [3.63, 3.8) is 0 Å². The highest BCUT2D eigenvalue weighted by atomic mass is 19.1. The minimum Gasteiger partial charge on any atom is -0.491 e. The monoisotopic (exact) mass is 303 g/mol. The summed E-state index contributed by atoms with van der Waals surface area (Å²) in [6.07, 6.45) is 0. The van der Waals surface area contributed by atoms with E-state index in [9.17, 15) is 18.4 Å². The van der Waals surface area contributed by atoms with Gasteiger partial charge in [0.2, 0.25) is 0 Å². The molecular formula is C16H11F2NO3. The summed E-state index contributed by atoms with van der Waals surface area (Å²) in [7, 11) is 0. The van der Waals surface area contributed by atoms with Crippen LogP contribution in [0.4, 0.5) is 14.5 Å². The summed E-state index contributed by atoms with van der Waals surface area (Å²) in [5, 5.41) is 0. The zero-order chi connectivity index (χ0) is 15.9. The highest BCUT2D eigenvalue weighted by Crippen LogP contribution is 2.35. The summed E-state index contributed by atoms with van der Waals surface area (Å²) in [6.45, 7) is 1.81. The third-order valence-corrected chi connectivity index (χ3v) is 3.35. The van der Waals surface area contributed by atoms with Crippen LogP contribution in [0.2, 0.25) is 0 Å². The number of benzene rings is 2. The number of halogens is 2. The molecule has 0 saturated heterocycles. The summed E-state index contributed by atoms with van der Waals surface area (Å²) >= 11 is 0. The smallest absolute Gasteiger partial charge is 0.266 e. The van der Waals surface area contributed by atoms with Gasteiger partial charge in [-0.15, -0.1) is 0 Å². The summed E-state index contributed by atoms with van der Waals surface area (Å²) in [6, 6.07) is 8.13. The number of hydrogen-bond donors (Lipinski definition) is 0. The van der Waals surface area contributed by atoms with Gasteiger partial charge in [0.15, 0.2) is 17.4 Å². The van der Waals surface area contributed by atoms with Crippen molar-refractivity contribution in [2.45, 2.75) is 6.92 Å². The van der Waals surface area contributed by atoms with Crippen LogP contribution in [-0.4, -0.2) is 18.4 Å². The topological polar surface area (TPSA) is 46.6 Å². The minimum absolute atomic E-state index is 0.119. The SMILES string of the molecule is CCOc1ccc(F)c(N2C(=O)c3ccccc3C2=O)c1F. The lowest BCUT2D eigenvalue weighted by molar-refractivity contribution is 0.0923. The van der Waals surface area contributed by atoms with Crippen LogP contribution < -0.4 is 9.64 Å². The van der Waals surface area contributed by atoms with Crippen molar-refractivity contribution in [3.8, 4) is 5.75 Å². The van der Waals surface area contributed by atoms with E-state index < -0.39 is 29.1 Å². The van der Waals surface area contributed by atoms with E-state index in [-0.39, 0.29) is 23.5 Å². The molecule has 1 heterocycles. The molecule has 6 heteroatoms. The van der Waals surface area contributed by atoms with E-state index in [1.165, 1.54) is 12.1 Å². The summed E-state index contributed by atoms with van der Waals surface area (Å²) < 4.78 is 33.5. The van der Waals surface area contributed by atoms with Crippen LogP contribution in [0.3, 0.4) is 0 Å². The maximum Gasteiger partial charge on any atom is 0.266 e. The molecule has 2 amide bonds. The maximum absolute atomic E-state index is 14.4. The van der Waals surface area contributed by atoms with Crippen molar-refractivity contribution in [1.82, 2.24) is 0 Å². The standard InChI is InChI=1S/C16H11F2NO3/c1-2-22-12-8-7-11(17)14(13(12)18)19-15(20)9-5-3-4-6-10(9)16(19)21/h3-8H,2H2,1H3. The number of anilines is 1. The molecule has 0 bridgehead atoms. The van der Waals surface area contributed by atoms with Crippen molar-refractivity contribution in [2.75, 3.05) is 11.5 Å². The van der Waals surface area contributed by atoms with Crippen molar-refractivity contribution in [1.29, 1.82) is 0 Å². The average molecular weight is 303 g/mol. The number of carbonyl (C=O) groups excluding carboxylic acids is 2. The number of imide groups is 1. The molecule has 112 valence electrons. The van der Waals surface area contributed by atoms with Crippen LogP contribution in [0.1, 0.15) is 27.6 Å². The van der Waals surface area contributed by atoms with Gasteiger partial charge in [0.25, 0.3) is 11.8 Å². The molecule has 2 aromatic rings. The summed E-state index contributed by atoms with van der Waals surface area (Å²) in [5.41, 5.74) is -0.474. The first kappa shape index (κ1) is 14.2. The summed E-state index contributed by atoms with van der Waals surface area (Å²) in [5.74, 6) is -3.80. The molecule has 1 aliphatic heterocycles. The molecule has 0 unspecified atom stereocenters. The number of hydrogen-bond acceptors (Lipinski definition) is 3. The molecule has 1 aliphatic rings. The molecule has 0 spiro atoms. The molecule has 3 rings (SSSR count). The van der Waals surface area contributed by atoms with Crippen LogP contribution in [-0.2, 0) is 0 Å². The Hall–Kier alpha value is -2.76. The van der Waals surface area contributed by atoms with Crippen molar-refractivity contribution in [2.24, 2.45) is 0 Å². The van der Waals surface area contributed by atoms with E-state index in [0.29, 0.717) is 4.90 Å². The molecule has 2 aromatic carbocycles. The normalized spacial score (nSPS) is 13.5. The van der Waals surface area contributed by atoms with Crippen molar-refractivity contribution >= 4 is 17.5 Å². The van der Waals surface area contributed by atoms with E-state index in [2.05, 4.69) is 0 Å². The Morgan fingerprint density at radius 1 is 1.00 bits per heavy atom. The third kappa shape index (κ3) is 1.95. The first-order chi connectivity index (χ1) is 10.6. The van der Waals surface area contributed by atoms with Gasteiger partial charge in [-0.2, -0.15) is 0 Å². The second-order valence-electron chi connectivity index (χ2n) is 4.63. The minimum atomic E-state index is -1.07. The zero-order valence-corrected chi connectivity index (χ0v) is 11.6. The average Bonchev–Trinajstić information content (AvgIpc) is 2.76. The Kier molecular flexibility index (Phi) is 3.36. The zero-order valence-electron chi connectivity index (χ0n) is 11.6. The van der Waals surface area contributed by atoms with E-state index >= 15 is 0 Å². The number of carbonyl (C=O) groups is 2. The number of ether oxygens (including phenoxy) is 1. The highest BCUT2D eigenvalue weighted by Gasteiger charge is 2.39. The molecule has 0 atom stereocenters. The maximum atomic E-state index is 14.4. The fraction of sp³-hybridized carbons (Fsp3) is 0.125. The second-order valence-corrected chi connectivity index (χ2v) is 4.63. The largest absolute Gasteiger partial charge is 0.491 e. The van der Waals surface area contributed by atoms with Crippen LogP contribution >= 0.6 is 0 Å². The van der Waals surface area contributed by atoms with Crippen LogP contribution in [0, 0.1) is 11.6 Å². The van der Waals surface area contributed by atoms with E-state index in [4.69, 9.17) is 4.74 Å². The molecule has 0 saturated carbocycles. The van der Waals surface area contributed by atoms with Gasteiger partial charge < -0.3 is 4.74 Å². The van der Waals surface area contributed by atoms with Gasteiger partial charge in [-0.05, 0) is 31.2 Å². The molecular weight excluding hydrogens is 292 g/mol. The van der Waals surface area contributed by atoms with Gasteiger partial charge in [-0.1, -0.05) is 12.1 Å². The predicted molar refractivity (Wildman–Crippen MR) is 75.1 cm³/mol. The van der Waals surface area contributed by atoms with Crippen molar-refractivity contribution in [3.05, 3.63) is 59.2 Å². The van der Waals surface area contributed by atoms with Crippen LogP contribution in [0.15, 0.2) is 36.4 Å². The Balaban J connectivity index is 2.16. The Morgan fingerprint density at radius 3 is 2.14 bits per heavy atom. The number of nitrogens with zero attached hydrogens (tertiary/aromatic N) is 1. The van der Waals surface area contributed by atoms with Gasteiger partial charge in [0, 0.05) is 0 Å². The Labute approximate surface area is 124 Å². The predicted octanol–water partition coefficient (Wildman–Crippen LogP) is 3.16. The van der Waals surface area contributed by atoms with Gasteiger partial charge >= 0.3 is 0 Å². The van der Waals surface area contributed by atoms with Crippen LogP contribution in [0.5, 0.6) is 5.75 Å². The lowest BCUT2D eigenvalue weighted by Crippen LogP contribution is -2.31. The Bertz CT molecular complexity index is 754.